The maximum absolute atomic E-state index is 6.14. The van der Waals surface area contributed by atoms with Crippen LogP contribution in [0.25, 0.3) is 0 Å². The summed E-state index contributed by atoms with van der Waals surface area (Å²) < 4.78 is 7.59. The quantitative estimate of drug-likeness (QED) is 0.870. The van der Waals surface area contributed by atoms with Crippen LogP contribution >= 0.6 is 11.6 Å². The van der Waals surface area contributed by atoms with Crippen LogP contribution in [0.15, 0.2) is 36.9 Å². The van der Waals surface area contributed by atoms with Gasteiger partial charge in [-0.05, 0) is 30.7 Å². The second-order valence-electron chi connectivity index (χ2n) is 3.95. The van der Waals surface area contributed by atoms with Gasteiger partial charge in [0.25, 0.3) is 0 Å². The summed E-state index contributed by atoms with van der Waals surface area (Å²) in [5, 5.41) is 0.631. The summed E-state index contributed by atoms with van der Waals surface area (Å²) >= 11 is 6.14. The van der Waals surface area contributed by atoms with Crippen molar-refractivity contribution in [3.63, 3.8) is 0 Å². The lowest BCUT2D eigenvalue weighted by molar-refractivity contribution is 0.298. The minimum Gasteiger partial charge on any atom is -0.490 e. The molecule has 0 spiro atoms. The van der Waals surface area contributed by atoms with E-state index in [0.29, 0.717) is 23.9 Å². The van der Waals surface area contributed by atoms with Crippen LogP contribution in [-0.4, -0.2) is 22.7 Å². The van der Waals surface area contributed by atoms with Crippen molar-refractivity contribution >= 4 is 11.6 Å². The maximum Gasteiger partial charge on any atom is 0.137 e. The van der Waals surface area contributed by atoms with Crippen molar-refractivity contribution in [3.05, 3.63) is 47.5 Å². The van der Waals surface area contributed by atoms with Gasteiger partial charge in [0.15, 0.2) is 0 Å². The van der Waals surface area contributed by atoms with Crippen molar-refractivity contribution in [2.45, 2.75) is 13.0 Å². The topological polar surface area (TPSA) is 53.1 Å². The molecule has 96 valence electrons. The highest BCUT2D eigenvalue weighted by molar-refractivity contribution is 6.32. The van der Waals surface area contributed by atoms with Gasteiger partial charge in [0.2, 0.25) is 0 Å². The number of halogens is 1. The van der Waals surface area contributed by atoms with Gasteiger partial charge in [0.05, 0.1) is 17.9 Å². The Morgan fingerprint density at radius 3 is 2.94 bits per heavy atom. The van der Waals surface area contributed by atoms with E-state index >= 15 is 0 Å². The molecule has 2 N–H and O–H groups in total. The van der Waals surface area contributed by atoms with Crippen molar-refractivity contribution in [2.75, 3.05) is 13.2 Å². The number of benzene rings is 1. The zero-order chi connectivity index (χ0) is 12.8. The van der Waals surface area contributed by atoms with Gasteiger partial charge < -0.3 is 15.0 Å². The molecule has 2 rings (SSSR count). The molecule has 0 atom stereocenters. The van der Waals surface area contributed by atoms with Crippen LogP contribution in [0.1, 0.15) is 5.56 Å². The van der Waals surface area contributed by atoms with Gasteiger partial charge in [-0.2, -0.15) is 0 Å². The zero-order valence-electron chi connectivity index (χ0n) is 10.1. The fraction of sp³-hybridized carbons (Fsp3) is 0.308. The van der Waals surface area contributed by atoms with Crippen molar-refractivity contribution in [1.82, 2.24) is 9.55 Å². The van der Waals surface area contributed by atoms with E-state index in [2.05, 4.69) is 4.98 Å². The van der Waals surface area contributed by atoms with E-state index in [1.165, 1.54) is 0 Å². The van der Waals surface area contributed by atoms with E-state index in [0.717, 1.165) is 18.5 Å². The Morgan fingerprint density at radius 2 is 2.28 bits per heavy atom. The predicted octanol–water partition coefficient (Wildman–Crippen LogP) is 2.12. The standard InChI is InChI=1S/C13H16ClN3O/c14-12-9-11(3-4-15)1-2-13(12)18-8-7-17-6-5-16-10-17/h1-2,5-6,9-10H,3-4,7-8,15H2. The Balaban J connectivity index is 1.89. The van der Waals surface area contributed by atoms with E-state index in [1.807, 2.05) is 29.0 Å². The number of hydrogen-bond acceptors (Lipinski definition) is 3. The van der Waals surface area contributed by atoms with Crippen LogP contribution in [0.4, 0.5) is 0 Å². The molecule has 0 aliphatic carbocycles. The van der Waals surface area contributed by atoms with Crippen LogP contribution in [0, 0.1) is 0 Å². The van der Waals surface area contributed by atoms with Crippen LogP contribution in [-0.2, 0) is 13.0 Å². The molecule has 0 fully saturated rings. The van der Waals surface area contributed by atoms with E-state index in [9.17, 15) is 0 Å². The summed E-state index contributed by atoms with van der Waals surface area (Å²) in [6, 6.07) is 5.79. The predicted molar refractivity (Wildman–Crippen MR) is 71.9 cm³/mol. The molecular weight excluding hydrogens is 250 g/mol. The van der Waals surface area contributed by atoms with Crippen molar-refractivity contribution < 1.29 is 4.74 Å². The number of nitrogens with zero attached hydrogens (tertiary/aromatic N) is 2. The molecule has 1 aromatic carbocycles. The first-order valence-electron chi connectivity index (χ1n) is 5.86. The molecule has 0 aliphatic heterocycles. The van der Waals surface area contributed by atoms with E-state index in [-0.39, 0.29) is 0 Å². The fourth-order valence-electron chi connectivity index (χ4n) is 1.66. The molecule has 0 amide bonds. The van der Waals surface area contributed by atoms with E-state index in [1.54, 1.807) is 12.5 Å². The molecule has 2 aromatic rings. The highest BCUT2D eigenvalue weighted by Crippen LogP contribution is 2.25. The Kier molecular flexibility index (Phi) is 4.61. The Hall–Kier alpha value is -1.52. The zero-order valence-corrected chi connectivity index (χ0v) is 10.8. The van der Waals surface area contributed by atoms with E-state index < -0.39 is 0 Å². The van der Waals surface area contributed by atoms with Crippen LogP contribution < -0.4 is 10.5 Å². The molecule has 0 saturated carbocycles. The first-order chi connectivity index (χ1) is 8.79. The minimum atomic E-state index is 0.562. The Bertz CT molecular complexity index is 485. The third kappa shape index (κ3) is 3.48. The molecule has 18 heavy (non-hydrogen) atoms. The average Bonchev–Trinajstić information content (AvgIpc) is 2.85. The smallest absolute Gasteiger partial charge is 0.137 e. The van der Waals surface area contributed by atoms with Gasteiger partial charge in [-0.3, -0.25) is 0 Å². The number of ether oxygens (including phenoxy) is 1. The summed E-state index contributed by atoms with van der Waals surface area (Å²) in [5.41, 5.74) is 6.63. The summed E-state index contributed by atoms with van der Waals surface area (Å²) in [7, 11) is 0. The van der Waals surface area contributed by atoms with Gasteiger partial charge in [-0.25, -0.2) is 4.98 Å². The second kappa shape index (κ2) is 6.42. The summed E-state index contributed by atoms with van der Waals surface area (Å²) in [6.45, 7) is 1.93. The molecule has 0 aliphatic rings. The highest BCUT2D eigenvalue weighted by Gasteiger charge is 2.03. The van der Waals surface area contributed by atoms with Crippen molar-refractivity contribution in [3.8, 4) is 5.75 Å². The number of aromatic nitrogens is 2. The van der Waals surface area contributed by atoms with Crippen LogP contribution in [0.3, 0.4) is 0 Å². The summed E-state index contributed by atoms with van der Waals surface area (Å²) in [5.74, 6) is 0.706. The fourth-order valence-corrected chi connectivity index (χ4v) is 1.92. The number of hydrogen-bond donors (Lipinski definition) is 1. The van der Waals surface area contributed by atoms with Crippen LogP contribution in [0.2, 0.25) is 5.02 Å². The molecule has 0 bridgehead atoms. The second-order valence-corrected chi connectivity index (χ2v) is 4.36. The molecule has 0 radical (unpaired) electrons. The lowest BCUT2D eigenvalue weighted by atomic mass is 10.1. The van der Waals surface area contributed by atoms with E-state index in [4.69, 9.17) is 22.1 Å². The van der Waals surface area contributed by atoms with Gasteiger partial charge in [0.1, 0.15) is 12.4 Å². The average molecular weight is 266 g/mol. The van der Waals surface area contributed by atoms with Gasteiger partial charge >= 0.3 is 0 Å². The summed E-state index contributed by atoms with van der Waals surface area (Å²) in [6.07, 6.45) is 6.23. The highest BCUT2D eigenvalue weighted by atomic mass is 35.5. The summed E-state index contributed by atoms with van der Waals surface area (Å²) in [4.78, 5) is 3.97. The first kappa shape index (κ1) is 12.9. The normalized spacial score (nSPS) is 10.6. The molecule has 0 unspecified atom stereocenters. The van der Waals surface area contributed by atoms with Gasteiger partial charge in [-0.15, -0.1) is 0 Å². The van der Waals surface area contributed by atoms with Gasteiger partial charge in [0, 0.05) is 12.4 Å². The van der Waals surface area contributed by atoms with Gasteiger partial charge in [-0.1, -0.05) is 17.7 Å². The van der Waals surface area contributed by atoms with Crippen LogP contribution in [0.5, 0.6) is 5.75 Å². The molecule has 1 aromatic heterocycles. The monoisotopic (exact) mass is 265 g/mol. The lowest BCUT2D eigenvalue weighted by Gasteiger charge is -2.09. The van der Waals surface area contributed by atoms with Crippen molar-refractivity contribution in [1.29, 1.82) is 0 Å². The molecule has 5 heteroatoms. The SMILES string of the molecule is NCCc1ccc(OCCn2ccnc2)c(Cl)c1. The first-order valence-corrected chi connectivity index (χ1v) is 6.24. The number of nitrogens with two attached hydrogens (primary N) is 1. The third-order valence-electron chi connectivity index (χ3n) is 2.60. The molecule has 0 saturated heterocycles. The third-order valence-corrected chi connectivity index (χ3v) is 2.89. The van der Waals surface area contributed by atoms with Crippen molar-refractivity contribution in [2.24, 2.45) is 5.73 Å². The molecule has 4 nitrogen and oxygen atoms in total. The molecule has 1 heterocycles. The number of imidazole rings is 1. The lowest BCUT2D eigenvalue weighted by Crippen LogP contribution is -2.07. The Labute approximate surface area is 111 Å². The largest absolute Gasteiger partial charge is 0.490 e. The minimum absolute atomic E-state index is 0.562. The Morgan fingerprint density at radius 1 is 1.39 bits per heavy atom. The number of rotatable bonds is 6. The molecular formula is C13H16ClN3O. The maximum atomic E-state index is 6.14.